The van der Waals surface area contributed by atoms with Gasteiger partial charge in [-0.25, -0.2) is 9.13 Å². The molecule has 1 saturated carbocycles. The molecule has 3 aromatic rings. The molecule has 1 heterocycles. The Morgan fingerprint density at radius 2 is 1.61 bits per heavy atom. The minimum Gasteiger partial charge on any atom is -1.00 e. The first kappa shape index (κ1) is 20.6. The lowest BCUT2D eigenvalue weighted by molar-refractivity contribution is -0.671. The molecule has 28 heavy (non-hydrogen) atoms. The van der Waals surface area contributed by atoms with Crippen molar-refractivity contribution < 1.29 is 33.3 Å². The summed E-state index contributed by atoms with van der Waals surface area (Å²) in [4.78, 5) is 13.1. The average Bonchev–Trinajstić information content (AvgIpc) is 3.33. The zero-order chi connectivity index (χ0) is 18.9. The van der Waals surface area contributed by atoms with Crippen molar-refractivity contribution in [2.24, 2.45) is 18.7 Å². The number of carbonyl (C=O) groups is 1. The number of nitrogens with two attached hydrogens (primary N) is 1. The molecule has 1 aliphatic carbocycles. The number of amides is 1. The number of hydrogen-bond donors (Lipinski definition) is 1. The van der Waals surface area contributed by atoms with Crippen molar-refractivity contribution in [1.82, 2.24) is 4.57 Å². The van der Waals surface area contributed by atoms with E-state index in [1.165, 1.54) is 0 Å². The zero-order valence-corrected chi connectivity index (χ0v) is 18.2. The van der Waals surface area contributed by atoms with Crippen LogP contribution in [0.4, 0.5) is 0 Å². The molecule has 4 rings (SSSR count). The predicted molar refractivity (Wildman–Crippen MR) is 105 cm³/mol. The maximum atomic E-state index is 13.1. The monoisotopic (exact) mass is 487 g/mol. The van der Waals surface area contributed by atoms with Gasteiger partial charge in [0.15, 0.2) is 0 Å². The molecule has 4 nitrogen and oxygen atoms in total. The highest BCUT2D eigenvalue weighted by molar-refractivity contribution is 5.91. The van der Waals surface area contributed by atoms with E-state index in [2.05, 4.69) is 27.9 Å². The van der Waals surface area contributed by atoms with Crippen LogP contribution in [0, 0.1) is 5.92 Å². The number of aromatic nitrogens is 2. The number of halogens is 1. The third kappa shape index (κ3) is 3.48. The van der Waals surface area contributed by atoms with Crippen LogP contribution in [0.15, 0.2) is 79.4 Å². The minimum absolute atomic E-state index is 0. The Kier molecular flexibility index (Phi) is 6.23. The fraction of sp³-hybridized carbons (Fsp3) is 0.304. The molecule has 1 amide bonds. The number of nitrogens with zero attached hydrogens (tertiary/aromatic N) is 2. The van der Waals surface area contributed by atoms with Crippen molar-refractivity contribution >= 4 is 5.91 Å². The van der Waals surface area contributed by atoms with E-state index in [0.717, 1.165) is 30.4 Å². The first-order valence-electron chi connectivity index (χ1n) is 9.56. The number of hydrogen-bond acceptors (Lipinski definition) is 1. The summed E-state index contributed by atoms with van der Waals surface area (Å²) >= 11 is 0. The summed E-state index contributed by atoms with van der Waals surface area (Å²) in [6.45, 7) is 0. The Hall–Kier alpha value is -2.15. The maximum Gasteiger partial charge on any atom is 0.243 e. The number of benzene rings is 2. The van der Waals surface area contributed by atoms with Crippen LogP contribution in [0.1, 0.15) is 36.4 Å². The highest BCUT2D eigenvalue weighted by Gasteiger charge is 2.50. The normalized spacial score (nSPS) is 19.2. The SMILES string of the molecule is C[n+]1ccn([C@@H]2CC[C@H](C(C(N)=O)(c3ccccc3)c3ccccc3)C2)c1.[I-]. The molecular formula is C23H26IN3O. The van der Waals surface area contributed by atoms with Crippen molar-refractivity contribution in [2.45, 2.75) is 30.7 Å². The van der Waals surface area contributed by atoms with E-state index in [0.29, 0.717) is 6.04 Å². The fourth-order valence-electron chi connectivity index (χ4n) is 4.83. The van der Waals surface area contributed by atoms with Crippen LogP contribution in [0.5, 0.6) is 0 Å². The van der Waals surface area contributed by atoms with Gasteiger partial charge in [0.25, 0.3) is 0 Å². The van der Waals surface area contributed by atoms with Gasteiger partial charge in [0.1, 0.15) is 23.9 Å². The molecule has 0 spiro atoms. The molecule has 2 aromatic carbocycles. The number of aryl methyl sites for hydroxylation is 1. The summed E-state index contributed by atoms with van der Waals surface area (Å²) in [5.74, 6) is -0.0962. The Morgan fingerprint density at radius 3 is 2.07 bits per heavy atom. The molecule has 2 atom stereocenters. The number of rotatable bonds is 5. The molecular weight excluding hydrogens is 461 g/mol. The van der Waals surface area contributed by atoms with Crippen molar-refractivity contribution in [1.29, 1.82) is 0 Å². The second-order valence-corrected chi connectivity index (χ2v) is 7.59. The van der Waals surface area contributed by atoms with Gasteiger partial charge >= 0.3 is 0 Å². The smallest absolute Gasteiger partial charge is 0.243 e. The molecule has 146 valence electrons. The summed E-state index contributed by atoms with van der Waals surface area (Å²) in [5, 5.41) is 0. The van der Waals surface area contributed by atoms with Crippen LogP contribution in [0.3, 0.4) is 0 Å². The third-order valence-corrected chi connectivity index (χ3v) is 6.08. The maximum absolute atomic E-state index is 13.1. The Labute approximate surface area is 183 Å². The molecule has 1 fully saturated rings. The van der Waals surface area contributed by atoms with Crippen LogP contribution in [0.2, 0.25) is 0 Å². The quantitative estimate of drug-likeness (QED) is 0.404. The molecule has 0 radical (unpaired) electrons. The lowest BCUT2D eigenvalue weighted by atomic mass is 9.64. The first-order valence-corrected chi connectivity index (χ1v) is 9.56. The van der Waals surface area contributed by atoms with E-state index in [9.17, 15) is 4.79 Å². The summed E-state index contributed by atoms with van der Waals surface area (Å²) in [6.07, 6.45) is 9.24. The third-order valence-electron chi connectivity index (χ3n) is 6.08. The zero-order valence-electron chi connectivity index (χ0n) is 16.0. The van der Waals surface area contributed by atoms with Gasteiger partial charge in [-0.1, -0.05) is 60.7 Å². The number of imidazole rings is 1. The molecule has 5 heteroatoms. The molecule has 1 aliphatic rings. The topological polar surface area (TPSA) is 51.9 Å². The lowest BCUT2D eigenvalue weighted by Crippen LogP contribution is -3.00. The highest BCUT2D eigenvalue weighted by Crippen LogP contribution is 2.49. The minimum atomic E-state index is -0.799. The van der Waals surface area contributed by atoms with Crippen molar-refractivity contribution in [2.75, 3.05) is 0 Å². The van der Waals surface area contributed by atoms with Gasteiger partial charge < -0.3 is 29.7 Å². The summed E-state index contributed by atoms with van der Waals surface area (Å²) in [5.41, 5.74) is 7.34. The van der Waals surface area contributed by atoms with Crippen LogP contribution in [-0.4, -0.2) is 10.5 Å². The van der Waals surface area contributed by atoms with Crippen molar-refractivity contribution in [3.63, 3.8) is 0 Å². The second kappa shape index (κ2) is 8.47. The van der Waals surface area contributed by atoms with Gasteiger partial charge in [0.2, 0.25) is 12.2 Å². The predicted octanol–water partition coefficient (Wildman–Crippen LogP) is 0.129. The number of primary amides is 1. The van der Waals surface area contributed by atoms with Gasteiger partial charge in [-0.2, -0.15) is 0 Å². The fourth-order valence-corrected chi connectivity index (χ4v) is 4.83. The van der Waals surface area contributed by atoms with E-state index >= 15 is 0 Å². The van der Waals surface area contributed by atoms with Crippen LogP contribution in [-0.2, 0) is 17.3 Å². The molecule has 0 bridgehead atoms. The van der Waals surface area contributed by atoms with Crippen molar-refractivity contribution in [3.8, 4) is 0 Å². The second-order valence-electron chi connectivity index (χ2n) is 7.59. The van der Waals surface area contributed by atoms with Crippen LogP contribution >= 0.6 is 0 Å². The largest absolute Gasteiger partial charge is 1.00 e. The first-order chi connectivity index (χ1) is 13.1. The van der Waals surface area contributed by atoms with Crippen LogP contribution < -0.4 is 34.3 Å². The van der Waals surface area contributed by atoms with Gasteiger partial charge in [0.05, 0.1) is 7.05 Å². The Balaban J connectivity index is 0.00000225. The summed E-state index contributed by atoms with van der Waals surface area (Å²) in [7, 11) is 2.03. The standard InChI is InChI=1S/C23H25N3O.HI/c1-25-14-15-26(17-25)21-13-12-20(16-21)23(22(24)27,18-8-4-2-5-9-18)19-10-6-3-7-11-19;/h2-11,14-15,17,20-21H,12-13,16H2,1H3,(H-,24,27);1H/t20-,21+;/m0./s1. The van der Waals surface area contributed by atoms with E-state index in [1.54, 1.807) is 0 Å². The van der Waals surface area contributed by atoms with E-state index < -0.39 is 5.41 Å². The summed E-state index contributed by atoms with van der Waals surface area (Å²) < 4.78 is 4.32. The van der Waals surface area contributed by atoms with Crippen LogP contribution in [0.25, 0.3) is 0 Å². The lowest BCUT2D eigenvalue weighted by Gasteiger charge is -2.37. The van der Waals surface area contributed by atoms with Gasteiger partial charge in [-0.15, -0.1) is 0 Å². The van der Waals surface area contributed by atoms with E-state index in [-0.39, 0.29) is 35.8 Å². The Morgan fingerprint density at radius 1 is 1.04 bits per heavy atom. The molecule has 0 aliphatic heterocycles. The van der Waals surface area contributed by atoms with Crippen molar-refractivity contribution in [3.05, 3.63) is 90.5 Å². The molecule has 0 saturated heterocycles. The van der Waals surface area contributed by atoms with Gasteiger partial charge in [-0.05, 0) is 36.3 Å². The van der Waals surface area contributed by atoms with E-state index in [1.807, 2.05) is 67.7 Å². The van der Waals surface area contributed by atoms with Gasteiger partial charge in [0, 0.05) is 0 Å². The molecule has 0 unspecified atom stereocenters. The number of carbonyl (C=O) groups excluding carboxylic acids is 1. The highest BCUT2D eigenvalue weighted by atomic mass is 127. The summed E-state index contributed by atoms with van der Waals surface area (Å²) in [6, 6.07) is 20.5. The molecule has 1 aromatic heterocycles. The Bertz CT molecular complexity index is 884. The van der Waals surface area contributed by atoms with Gasteiger partial charge in [-0.3, -0.25) is 4.79 Å². The molecule has 2 N–H and O–H groups in total. The average molecular weight is 487 g/mol. The van der Waals surface area contributed by atoms with E-state index in [4.69, 9.17) is 5.73 Å².